The Balaban J connectivity index is 4.13. The van der Waals surface area contributed by atoms with Gasteiger partial charge in [-0.15, -0.1) is 6.42 Å². The molecule has 0 aliphatic rings. The third-order valence-corrected chi connectivity index (χ3v) is 1.73. The Morgan fingerprint density at radius 1 is 1.67 bits per heavy atom. The van der Waals surface area contributed by atoms with Gasteiger partial charge in [0.1, 0.15) is 0 Å². The van der Waals surface area contributed by atoms with Crippen molar-refractivity contribution in [2.24, 2.45) is 5.73 Å². The molecular formula is C9H16N2O. The van der Waals surface area contributed by atoms with E-state index in [0.717, 1.165) is 0 Å². The lowest BCUT2D eigenvalue weighted by Gasteiger charge is -2.21. The van der Waals surface area contributed by atoms with Crippen LogP contribution in [-0.4, -0.2) is 29.9 Å². The Morgan fingerprint density at radius 2 is 2.25 bits per heavy atom. The zero-order valence-electron chi connectivity index (χ0n) is 7.71. The summed E-state index contributed by atoms with van der Waals surface area (Å²) in [6.45, 7) is 4.74. The van der Waals surface area contributed by atoms with Gasteiger partial charge in [-0.3, -0.25) is 4.79 Å². The standard InChI is InChI=1S/C9H16N2O/c1-4-7-11(6-3)9(12)8(10)5-2/h1,8H,5-7,10H2,2-3H3/t8-/m0/s1. The minimum atomic E-state index is -0.404. The quantitative estimate of drug-likeness (QED) is 0.610. The summed E-state index contributed by atoms with van der Waals surface area (Å²) in [5, 5.41) is 0. The van der Waals surface area contributed by atoms with Crippen LogP contribution < -0.4 is 5.73 Å². The van der Waals surface area contributed by atoms with Gasteiger partial charge in [0.15, 0.2) is 0 Å². The summed E-state index contributed by atoms with van der Waals surface area (Å²) in [5.41, 5.74) is 5.56. The van der Waals surface area contributed by atoms with E-state index in [1.165, 1.54) is 0 Å². The molecule has 1 amide bonds. The Morgan fingerprint density at radius 3 is 2.58 bits per heavy atom. The summed E-state index contributed by atoms with van der Waals surface area (Å²) < 4.78 is 0. The monoisotopic (exact) mass is 168 g/mol. The first kappa shape index (κ1) is 11.0. The summed E-state index contributed by atoms with van der Waals surface area (Å²) in [5.74, 6) is 2.37. The average molecular weight is 168 g/mol. The topological polar surface area (TPSA) is 46.3 Å². The molecule has 0 aromatic rings. The number of hydrogen-bond donors (Lipinski definition) is 1. The van der Waals surface area contributed by atoms with Crippen LogP contribution in [-0.2, 0) is 4.79 Å². The fraction of sp³-hybridized carbons (Fsp3) is 0.667. The molecule has 1 atom stereocenters. The number of amides is 1. The van der Waals surface area contributed by atoms with E-state index in [1.807, 2.05) is 13.8 Å². The zero-order valence-corrected chi connectivity index (χ0v) is 7.71. The fourth-order valence-corrected chi connectivity index (χ4v) is 0.865. The maximum atomic E-state index is 11.4. The largest absolute Gasteiger partial charge is 0.330 e. The molecule has 68 valence electrons. The second-order valence-corrected chi connectivity index (χ2v) is 2.57. The second kappa shape index (κ2) is 5.62. The maximum Gasteiger partial charge on any atom is 0.240 e. The minimum absolute atomic E-state index is 0.0575. The van der Waals surface area contributed by atoms with Crippen LogP contribution in [0.5, 0.6) is 0 Å². The van der Waals surface area contributed by atoms with E-state index >= 15 is 0 Å². The molecule has 0 unspecified atom stereocenters. The molecule has 0 aliphatic heterocycles. The molecule has 0 heterocycles. The van der Waals surface area contributed by atoms with Gasteiger partial charge in [0.2, 0.25) is 5.91 Å². The molecule has 0 saturated carbocycles. The van der Waals surface area contributed by atoms with Gasteiger partial charge in [-0.05, 0) is 13.3 Å². The van der Waals surface area contributed by atoms with Gasteiger partial charge < -0.3 is 10.6 Å². The Hall–Kier alpha value is -1.01. The van der Waals surface area contributed by atoms with E-state index in [9.17, 15) is 4.79 Å². The number of carbonyl (C=O) groups is 1. The number of hydrogen-bond acceptors (Lipinski definition) is 2. The smallest absolute Gasteiger partial charge is 0.240 e. The molecule has 0 aromatic carbocycles. The van der Waals surface area contributed by atoms with Gasteiger partial charge in [-0.1, -0.05) is 12.8 Å². The van der Waals surface area contributed by atoms with Gasteiger partial charge in [0.25, 0.3) is 0 Å². The number of nitrogens with two attached hydrogens (primary N) is 1. The van der Waals surface area contributed by atoms with Crippen molar-refractivity contribution in [2.45, 2.75) is 26.3 Å². The molecule has 0 aliphatic carbocycles. The van der Waals surface area contributed by atoms with E-state index in [2.05, 4.69) is 5.92 Å². The normalized spacial score (nSPS) is 11.8. The van der Waals surface area contributed by atoms with Crippen molar-refractivity contribution in [3.8, 4) is 12.3 Å². The molecule has 0 spiro atoms. The highest BCUT2D eigenvalue weighted by atomic mass is 16.2. The van der Waals surface area contributed by atoms with Crippen LogP contribution >= 0.6 is 0 Å². The van der Waals surface area contributed by atoms with Crippen LogP contribution in [0, 0.1) is 12.3 Å². The number of terminal acetylenes is 1. The average Bonchev–Trinajstić information content (AvgIpc) is 2.11. The lowest BCUT2D eigenvalue weighted by Crippen LogP contribution is -2.43. The predicted molar refractivity (Wildman–Crippen MR) is 49.4 cm³/mol. The van der Waals surface area contributed by atoms with Gasteiger partial charge >= 0.3 is 0 Å². The third kappa shape index (κ3) is 2.93. The summed E-state index contributed by atoms with van der Waals surface area (Å²) in [6, 6.07) is -0.404. The van der Waals surface area contributed by atoms with E-state index in [0.29, 0.717) is 19.5 Å². The molecule has 3 heteroatoms. The molecule has 2 N–H and O–H groups in total. The number of likely N-dealkylation sites (N-methyl/N-ethyl adjacent to an activating group) is 1. The SMILES string of the molecule is C#CCN(CC)C(=O)[C@@H](N)CC. The van der Waals surface area contributed by atoms with Crippen molar-refractivity contribution in [1.29, 1.82) is 0 Å². The molecule has 0 rings (SSSR count). The zero-order chi connectivity index (χ0) is 9.56. The molecule has 0 aromatic heterocycles. The molecule has 3 nitrogen and oxygen atoms in total. The van der Waals surface area contributed by atoms with Crippen molar-refractivity contribution in [3.05, 3.63) is 0 Å². The predicted octanol–water partition coefficient (Wildman–Crippen LogP) is 0.205. The molecule has 0 radical (unpaired) electrons. The van der Waals surface area contributed by atoms with Crippen LogP contribution in [0.25, 0.3) is 0 Å². The van der Waals surface area contributed by atoms with E-state index < -0.39 is 6.04 Å². The second-order valence-electron chi connectivity index (χ2n) is 2.57. The van der Waals surface area contributed by atoms with Crippen LogP contribution in [0.1, 0.15) is 20.3 Å². The van der Waals surface area contributed by atoms with E-state index in [-0.39, 0.29) is 5.91 Å². The first-order valence-corrected chi connectivity index (χ1v) is 4.15. The first-order chi connectivity index (χ1) is 5.67. The van der Waals surface area contributed by atoms with Crippen LogP contribution in [0.15, 0.2) is 0 Å². The van der Waals surface area contributed by atoms with Crippen molar-refractivity contribution in [2.75, 3.05) is 13.1 Å². The Labute approximate surface area is 73.9 Å². The van der Waals surface area contributed by atoms with Gasteiger partial charge in [0.05, 0.1) is 12.6 Å². The highest BCUT2D eigenvalue weighted by Crippen LogP contribution is 1.95. The molecule has 12 heavy (non-hydrogen) atoms. The van der Waals surface area contributed by atoms with Crippen molar-refractivity contribution >= 4 is 5.91 Å². The molecule has 0 saturated heterocycles. The number of rotatable bonds is 4. The van der Waals surface area contributed by atoms with Crippen molar-refractivity contribution in [1.82, 2.24) is 4.90 Å². The van der Waals surface area contributed by atoms with E-state index in [4.69, 9.17) is 12.2 Å². The van der Waals surface area contributed by atoms with Crippen LogP contribution in [0.3, 0.4) is 0 Å². The lowest BCUT2D eigenvalue weighted by molar-refractivity contribution is -0.131. The summed E-state index contributed by atoms with van der Waals surface area (Å²) in [6.07, 6.45) is 5.75. The van der Waals surface area contributed by atoms with Crippen molar-refractivity contribution in [3.63, 3.8) is 0 Å². The first-order valence-electron chi connectivity index (χ1n) is 4.15. The molecule has 0 fully saturated rings. The van der Waals surface area contributed by atoms with Gasteiger partial charge in [-0.25, -0.2) is 0 Å². The fourth-order valence-electron chi connectivity index (χ4n) is 0.865. The van der Waals surface area contributed by atoms with Crippen LogP contribution in [0.4, 0.5) is 0 Å². The third-order valence-electron chi connectivity index (χ3n) is 1.73. The van der Waals surface area contributed by atoms with Gasteiger partial charge in [0, 0.05) is 6.54 Å². The highest BCUT2D eigenvalue weighted by Gasteiger charge is 2.16. The lowest BCUT2D eigenvalue weighted by atomic mass is 10.2. The number of carbonyl (C=O) groups excluding carboxylic acids is 1. The van der Waals surface area contributed by atoms with Crippen LogP contribution in [0.2, 0.25) is 0 Å². The van der Waals surface area contributed by atoms with Gasteiger partial charge in [-0.2, -0.15) is 0 Å². The summed E-state index contributed by atoms with van der Waals surface area (Å²) in [4.78, 5) is 13.0. The van der Waals surface area contributed by atoms with E-state index in [1.54, 1.807) is 4.90 Å². The maximum absolute atomic E-state index is 11.4. The number of nitrogens with zero attached hydrogens (tertiary/aromatic N) is 1. The molecular weight excluding hydrogens is 152 g/mol. The Bertz CT molecular complexity index is 183. The molecule has 0 bridgehead atoms. The Kier molecular flexibility index (Phi) is 5.14. The highest BCUT2D eigenvalue weighted by molar-refractivity contribution is 5.81. The minimum Gasteiger partial charge on any atom is -0.330 e. The summed E-state index contributed by atoms with van der Waals surface area (Å²) >= 11 is 0. The summed E-state index contributed by atoms with van der Waals surface area (Å²) in [7, 11) is 0. The van der Waals surface area contributed by atoms with Crippen molar-refractivity contribution < 1.29 is 4.79 Å².